The highest BCUT2D eigenvalue weighted by Crippen LogP contribution is 2.23. The number of halogens is 1. The third-order valence-electron chi connectivity index (χ3n) is 5.60. The number of carbonyl (C=O) groups excluding carboxylic acids is 2. The van der Waals surface area contributed by atoms with E-state index in [2.05, 4.69) is 0 Å². The number of esters is 1. The molecule has 4 rings (SSSR count). The summed E-state index contributed by atoms with van der Waals surface area (Å²) in [5.74, 6) is -1.63. The zero-order valence-corrected chi connectivity index (χ0v) is 18.6. The van der Waals surface area contributed by atoms with Crippen molar-refractivity contribution >= 4 is 32.7 Å². The number of ether oxygens (including phenoxy) is 1. The summed E-state index contributed by atoms with van der Waals surface area (Å²) >= 11 is 0. The van der Waals surface area contributed by atoms with Gasteiger partial charge in [0.1, 0.15) is 5.82 Å². The van der Waals surface area contributed by atoms with E-state index in [9.17, 15) is 22.4 Å². The van der Waals surface area contributed by atoms with Crippen molar-refractivity contribution in [1.82, 2.24) is 9.21 Å². The molecule has 0 atom stereocenters. The SMILES string of the molecule is O=C(Cc1ccccc1F)OCC(=O)N1CCN(S(=O)(=O)c2ccc3ccccc3c2)CC1. The molecule has 1 aliphatic rings. The smallest absolute Gasteiger partial charge is 0.310 e. The van der Waals surface area contributed by atoms with Gasteiger partial charge in [0.05, 0.1) is 11.3 Å². The molecule has 1 fully saturated rings. The van der Waals surface area contributed by atoms with Gasteiger partial charge in [-0.3, -0.25) is 9.59 Å². The molecule has 1 heterocycles. The van der Waals surface area contributed by atoms with Crippen LogP contribution in [0, 0.1) is 5.82 Å². The zero-order chi connectivity index (χ0) is 23.4. The van der Waals surface area contributed by atoms with Gasteiger partial charge in [0, 0.05) is 26.2 Å². The first-order chi connectivity index (χ1) is 15.8. The quantitative estimate of drug-likeness (QED) is 0.517. The number of carbonyl (C=O) groups is 2. The van der Waals surface area contributed by atoms with E-state index in [-0.39, 0.29) is 43.1 Å². The third-order valence-corrected chi connectivity index (χ3v) is 7.49. The molecule has 172 valence electrons. The minimum Gasteiger partial charge on any atom is -0.455 e. The Morgan fingerprint density at radius 2 is 1.55 bits per heavy atom. The van der Waals surface area contributed by atoms with Gasteiger partial charge in [-0.25, -0.2) is 12.8 Å². The van der Waals surface area contributed by atoms with Gasteiger partial charge in [0.15, 0.2) is 6.61 Å². The highest BCUT2D eigenvalue weighted by Gasteiger charge is 2.30. The fraction of sp³-hybridized carbons (Fsp3) is 0.250. The van der Waals surface area contributed by atoms with E-state index in [4.69, 9.17) is 4.74 Å². The Kier molecular flexibility index (Phi) is 6.71. The second-order valence-corrected chi connectivity index (χ2v) is 9.66. The van der Waals surface area contributed by atoms with E-state index < -0.39 is 34.3 Å². The average molecular weight is 471 g/mol. The van der Waals surface area contributed by atoms with Gasteiger partial charge in [-0.2, -0.15) is 4.31 Å². The Morgan fingerprint density at radius 3 is 2.27 bits per heavy atom. The Hall–Kier alpha value is -3.30. The second kappa shape index (κ2) is 9.68. The largest absolute Gasteiger partial charge is 0.455 e. The first-order valence-corrected chi connectivity index (χ1v) is 11.9. The van der Waals surface area contributed by atoms with Crippen LogP contribution in [0.15, 0.2) is 71.6 Å². The maximum Gasteiger partial charge on any atom is 0.310 e. The Labute approximate surface area is 191 Å². The predicted molar refractivity (Wildman–Crippen MR) is 120 cm³/mol. The lowest BCUT2D eigenvalue weighted by molar-refractivity contribution is -0.152. The molecule has 0 spiro atoms. The average Bonchev–Trinajstić information content (AvgIpc) is 2.83. The van der Waals surface area contributed by atoms with Gasteiger partial charge in [0.2, 0.25) is 10.0 Å². The van der Waals surface area contributed by atoms with Crippen molar-refractivity contribution in [2.45, 2.75) is 11.3 Å². The molecule has 3 aromatic carbocycles. The molecular weight excluding hydrogens is 447 g/mol. The first kappa shape index (κ1) is 22.9. The van der Waals surface area contributed by atoms with Crippen LogP contribution < -0.4 is 0 Å². The Morgan fingerprint density at radius 1 is 0.879 bits per heavy atom. The van der Waals surface area contributed by atoms with Crippen LogP contribution >= 0.6 is 0 Å². The van der Waals surface area contributed by atoms with Gasteiger partial charge in [-0.15, -0.1) is 0 Å². The lowest BCUT2D eigenvalue weighted by Gasteiger charge is -2.33. The summed E-state index contributed by atoms with van der Waals surface area (Å²) in [6.07, 6.45) is -0.266. The number of sulfonamides is 1. The summed E-state index contributed by atoms with van der Waals surface area (Å²) in [6.45, 7) is 0.200. The summed E-state index contributed by atoms with van der Waals surface area (Å²) in [7, 11) is -3.69. The highest BCUT2D eigenvalue weighted by molar-refractivity contribution is 7.89. The van der Waals surface area contributed by atoms with Crippen molar-refractivity contribution in [3.05, 3.63) is 78.1 Å². The van der Waals surface area contributed by atoms with Crippen LogP contribution in [0.4, 0.5) is 4.39 Å². The summed E-state index contributed by atoms with van der Waals surface area (Å²) in [6, 6.07) is 18.4. The highest BCUT2D eigenvalue weighted by atomic mass is 32.2. The minimum atomic E-state index is -3.69. The number of hydrogen-bond acceptors (Lipinski definition) is 5. The molecule has 33 heavy (non-hydrogen) atoms. The van der Waals surface area contributed by atoms with Crippen molar-refractivity contribution in [2.75, 3.05) is 32.8 Å². The number of hydrogen-bond donors (Lipinski definition) is 0. The molecular formula is C24H23FN2O5S. The molecule has 0 radical (unpaired) electrons. The van der Waals surface area contributed by atoms with Crippen LogP contribution in [-0.2, 0) is 30.8 Å². The minimum absolute atomic E-state index is 0.143. The maximum atomic E-state index is 13.6. The van der Waals surface area contributed by atoms with Crippen molar-refractivity contribution < 1.29 is 27.1 Å². The molecule has 1 amide bonds. The zero-order valence-electron chi connectivity index (χ0n) is 17.8. The summed E-state index contributed by atoms with van der Waals surface area (Å²) in [5.41, 5.74) is 0.197. The fourth-order valence-electron chi connectivity index (χ4n) is 3.74. The van der Waals surface area contributed by atoms with Crippen LogP contribution in [0.2, 0.25) is 0 Å². The topological polar surface area (TPSA) is 84.0 Å². The van der Waals surface area contributed by atoms with Gasteiger partial charge in [-0.05, 0) is 34.5 Å². The number of rotatable bonds is 6. The van der Waals surface area contributed by atoms with Crippen molar-refractivity contribution in [2.24, 2.45) is 0 Å². The van der Waals surface area contributed by atoms with E-state index in [1.807, 2.05) is 24.3 Å². The Balaban J connectivity index is 1.30. The molecule has 0 aromatic heterocycles. The number of amides is 1. The molecule has 0 aliphatic carbocycles. The molecule has 0 N–H and O–H groups in total. The van der Waals surface area contributed by atoms with Gasteiger partial charge in [0.25, 0.3) is 5.91 Å². The number of fused-ring (bicyclic) bond motifs is 1. The van der Waals surface area contributed by atoms with E-state index >= 15 is 0 Å². The molecule has 0 saturated carbocycles. The van der Waals surface area contributed by atoms with Crippen molar-refractivity contribution in [3.8, 4) is 0 Å². The monoisotopic (exact) mass is 470 g/mol. The molecule has 0 unspecified atom stereocenters. The van der Waals surface area contributed by atoms with Crippen LogP contribution in [-0.4, -0.2) is 62.3 Å². The maximum absolute atomic E-state index is 13.6. The number of piperazine rings is 1. The first-order valence-electron chi connectivity index (χ1n) is 10.5. The van der Waals surface area contributed by atoms with Gasteiger partial charge in [-0.1, -0.05) is 48.5 Å². The summed E-state index contributed by atoms with van der Waals surface area (Å²) in [4.78, 5) is 26.0. The van der Waals surface area contributed by atoms with Gasteiger partial charge >= 0.3 is 5.97 Å². The van der Waals surface area contributed by atoms with Crippen LogP contribution in [0.1, 0.15) is 5.56 Å². The molecule has 1 saturated heterocycles. The van der Waals surface area contributed by atoms with Crippen LogP contribution in [0.3, 0.4) is 0 Å². The van der Waals surface area contributed by atoms with E-state index in [0.29, 0.717) is 0 Å². The summed E-state index contributed by atoms with van der Waals surface area (Å²) in [5, 5.41) is 1.79. The predicted octanol–water partition coefficient (Wildman–Crippen LogP) is 2.60. The van der Waals surface area contributed by atoms with E-state index in [1.54, 1.807) is 24.3 Å². The van der Waals surface area contributed by atoms with E-state index in [1.165, 1.54) is 27.4 Å². The van der Waals surface area contributed by atoms with Gasteiger partial charge < -0.3 is 9.64 Å². The summed E-state index contributed by atoms with van der Waals surface area (Å²) < 4.78 is 46.1. The van der Waals surface area contributed by atoms with E-state index in [0.717, 1.165) is 10.8 Å². The molecule has 7 nitrogen and oxygen atoms in total. The van der Waals surface area contributed by atoms with Crippen LogP contribution in [0.25, 0.3) is 10.8 Å². The van der Waals surface area contributed by atoms with Crippen molar-refractivity contribution in [3.63, 3.8) is 0 Å². The Bertz CT molecular complexity index is 1290. The number of benzene rings is 3. The molecule has 0 bridgehead atoms. The van der Waals surface area contributed by atoms with Crippen molar-refractivity contribution in [1.29, 1.82) is 0 Å². The molecule has 3 aromatic rings. The fourth-order valence-corrected chi connectivity index (χ4v) is 5.19. The second-order valence-electron chi connectivity index (χ2n) is 7.72. The van der Waals surface area contributed by atoms with Crippen LogP contribution in [0.5, 0.6) is 0 Å². The lowest BCUT2D eigenvalue weighted by Crippen LogP contribution is -2.51. The standard InChI is InChI=1S/C24H23FN2O5S/c25-22-8-4-3-7-20(22)16-24(29)32-17-23(28)26-11-13-27(14-12-26)33(30,31)21-10-9-18-5-1-2-6-19(18)15-21/h1-10,15H,11-14,16-17H2. The number of nitrogens with zero attached hydrogens (tertiary/aromatic N) is 2. The third kappa shape index (κ3) is 5.20. The molecule has 1 aliphatic heterocycles. The lowest BCUT2D eigenvalue weighted by atomic mass is 10.1. The normalized spacial score (nSPS) is 14.9. The molecule has 9 heteroatoms.